The molecule has 2 fully saturated rings. The molecule has 0 unspecified atom stereocenters. The number of halogens is 1. The highest BCUT2D eigenvalue weighted by Crippen LogP contribution is 2.45. The number of benzene rings is 1. The van der Waals surface area contributed by atoms with Crippen LogP contribution in [0.4, 0.5) is 4.39 Å². The lowest BCUT2D eigenvalue weighted by Crippen LogP contribution is -2.52. The van der Waals surface area contributed by atoms with Crippen LogP contribution in [-0.2, 0) is 10.2 Å². The molecule has 1 amide bonds. The first-order valence-corrected chi connectivity index (χ1v) is 7.28. The molecule has 2 saturated carbocycles. The maximum absolute atomic E-state index is 14.0. The fraction of sp³-hybridized carbons (Fsp3) is 0.562. The third kappa shape index (κ3) is 2.15. The van der Waals surface area contributed by atoms with E-state index in [9.17, 15) is 9.18 Å². The predicted octanol–water partition coefficient (Wildman–Crippen LogP) is 3.31. The molecule has 0 atom stereocenters. The average Bonchev–Trinajstić information content (AvgIpc) is 2.83. The van der Waals surface area contributed by atoms with Crippen molar-refractivity contribution in [2.24, 2.45) is 0 Å². The Morgan fingerprint density at radius 3 is 2.42 bits per heavy atom. The second-order valence-electron chi connectivity index (χ2n) is 5.87. The first-order valence-electron chi connectivity index (χ1n) is 7.28. The van der Waals surface area contributed by atoms with Crippen molar-refractivity contribution >= 4 is 5.91 Å². The van der Waals surface area contributed by atoms with Gasteiger partial charge in [0.25, 0.3) is 0 Å². The van der Waals surface area contributed by atoms with E-state index in [1.807, 2.05) is 6.07 Å². The van der Waals surface area contributed by atoms with Crippen LogP contribution in [0.15, 0.2) is 24.3 Å². The standard InChI is InChI=1S/C16H20FNO/c17-14-9-4-3-8-13(14)16(10-5-11-16)15(19)18-12-6-1-2-7-12/h3-4,8-9,12H,1-2,5-7,10-11H2,(H,18,19). The van der Waals surface area contributed by atoms with Gasteiger partial charge in [0.15, 0.2) is 0 Å². The molecule has 0 bridgehead atoms. The molecule has 1 aromatic rings. The number of hydrogen-bond acceptors (Lipinski definition) is 1. The average molecular weight is 261 g/mol. The smallest absolute Gasteiger partial charge is 0.230 e. The lowest BCUT2D eigenvalue weighted by atomic mass is 9.63. The summed E-state index contributed by atoms with van der Waals surface area (Å²) in [6.45, 7) is 0. The minimum absolute atomic E-state index is 0.0377. The van der Waals surface area contributed by atoms with Gasteiger partial charge in [0, 0.05) is 11.6 Å². The molecule has 2 aliphatic rings. The fourth-order valence-electron chi connectivity index (χ4n) is 3.39. The lowest BCUT2D eigenvalue weighted by Gasteiger charge is -2.41. The lowest BCUT2D eigenvalue weighted by molar-refractivity contribution is -0.130. The summed E-state index contributed by atoms with van der Waals surface area (Å²) < 4.78 is 14.0. The number of rotatable bonds is 3. The maximum atomic E-state index is 14.0. The van der Waals surface area contributed by atoms with Crippen molar-refractivity contribution in [1.29, 1.82) is 0 Å². The number of hydrogen-bond donors (Lipinski definition) is 1. The zero-order chi connectivity index (χ0) is 13.3. The zero-order valence-corrected chi connectivity index (χ0v) is 11.1. The Labute approximate surface area is 113 Å². The van der Waals surface area contributed by atoms with E-state index in [1.54, 1.807) is 12.1 Å². The van der Waals surface area contributed by atoms with Gasteiger partial charge in [0.05, 0.1) is 5.41 Å². The quantitative estimate of drug-likeness (QED) is 0.888. The molecule has 3 heteroatoms. The Morgan fingerprint density at radius 1 is 1.16 bits per heavy atom. The normalized spacial score (nSPS) is 21.9. The summed E-state index contributed by atoms with van der Waals surface area (Å²) in [5, 5.41) is 3.14. The zero-order valence-electron chi connectivity index (χ0n) is 11.1. The van der Waals surface area contributed by atoms with Crippen molar-refractivity contribution in [3.8, 4) is 0 Å². The Kier molecular flexibility index (Phi) is 3.29. The molecule has 0 aliphatic heterocycles. The molecule has 2 aliphatic carbocycles. The molecule has 1 N–H and O–H groups in total. The van der Waals surface area contributed by atoms with Gasteiger partial charge in [-0.05, 0) is 31.7 Å². The van der Waals surface area contributed by atoms with E-state index in [0.717, 1.165) is 32.1 Å². The highest BCUT2D eigenvalue weighted by Gasteiger charge is 2.47. The monoisotopic (exact) mass is 261 g/mol. The summed E-state index contributed by atoms with van der Waals surface area (Å²) in [4.78, 5) is 12.6. The van der Waals surface area contributed by atoms with Gasteiger partial charge in [0.1, 0.15) is 5.82 Å². The van der Waals surface area contributed by atoms with Gasteiger partial charge in [-0.15, -0.1) is 0 Å². The summed E-state index contributed by atoms with van der Waals surface area (Å²) in [5.74, 6) is -0.209. The van der Waals surface area contributed by atoms with E-state index in [-0.39, 0.29) is 11.7 Å². The van der Waals surface area contributed by atoms with Crippen LogP contribution < -0.4 is 5.32 Å². The molecule has 2 nitrogen and oxygen atoms in total. The van der Waals surface area contributed by atoms with E-state index >= 15 is 0 Å². The molecule has 0 saturated heterocycles. The first kappa shape index (κ1) is 12.6. The first-order chi connectivity index (χ1) is 9.22. The predicted molar refractivity (Wildman–Crippen MR) is 72.3 cm³/mol. The van der Waals surface area contributed by atoms with Crippen LogP contribution in [0.5, 0.6) is 0 Å². The van der Waals surface area contributed by atoms with E-state index in [1.165, 1.54) is 18.9 Å². The summed E-state index contributed by atoms with van der Waals surface area (Å²) in [5.41, 5.74) is -0.0229. The van der Waals surface area contributed by atoms with Crippen LogP contribution in [0.25, 0.3) is 0 Å². The minimum Gasteiger partial charge on any atom is -0.353 e. The van der Waals surface area contributed by atoms with Gasteiger partial charge in [-0.2, -0.15) is 0 Å². The minimum atomic E-state index is -0.603. The summed E-state index contributed by atoms with van der Waals surface area (Å²) in [6, 6.07) is 7.03. The molecule has 0 radical (unpaired) electrons. The second kappa shape index (κ2) is 4.95. The van der Waals surface area contributed by atoms with E-state index < -0.39 is 5.41 Å². The highest BCUT2D eigenvalue weighted by atomic mass is 19.1. The van der Waals surface area contributed by atoms with Crippen LogP contribution in [0, 0.1) is 5.82 Å². The van der Waals surface area contributed by atoms with Crippen LogP contribution in [0.3, 0.4) is 0 Å². The Balaban J connectivity index is 1.82. The van der Waals surface area contributed by atoms with Gasteiger partial charge >= 0.3 is 0 Å². The summed E-state index contributed by atoms with van der Waals surface area (Å²) >= 11 is 0. The third-order valence-electron chi connectivity index (χ3n) is 4.72. The van der Waals surface area contributed by atoms with Crippen LogP contribution >= 0.6 is 0 Å². The van der Waals surface area contributed by atoms with Gasteiger partial charge in [0.2, 0.25) is 5.91 Å². The van der Waals surface area contributed by atoms with Crippen molar-refractivity contribution in [1.82, 2.24) is 5.32 Å². The molecule has 3 rings (SSSR count). The van der Waals surface area contributed by atoms with Crippen molar-refractivity contribution in [2.75, 3.05) is 0 Å². The SMILES string of the molecule is O=C(NC1CCCC1)C1(c2ccccc2F)CCC1. The largest absolute Gasteiger partial charge is 0.353 e. The highest BCUT2D eigenvalue weighted by molar-refractivity contribution is 5.89. The molecular weight excluding hydrogens is 241 g/mol. The van der Waals surface area contributed by atoms with Gasteiger partial charge in [-0.3, -0.25) is 4.79 Å². The number of carbonyl (C=O) groups excluding carboxylic acids is 1. The van der Waals surface area contributed by atoms with E-state index in [0.29, 0.717) is 11.6 Å². The number of nitrogens with one attached hydrogen (secondary N) is 1. The Morgan fingerprint density at radius 2 is 1.84 bits per heavy atom. The summed E-state index contributed by atoms with van der Waals surface area (Å²) in [7, 11) is 0. The van der Waals surface area contributed by atoms with Gasteiger partial charge < -0.3 is 5.32 Å². The summed E-state index contributed by atoms with van der Waals surface area (Å²) in [6.07, 6.45) is 7.07. The molecule has 0 spiro atoms. The second-order valence-corrected chi connectivity index (χ2v) is 5.87. The van der Waals surface area contributed by atoms with Crippen molar-refractivity contribution in [3.05, 3.63) is 35.6 Å². The topological polar surface area (TPSA) is 29.1 Å². The van der Waals surface area contributed by atoms with Crippen LogP contribution in [0.1, 0.15) is 50.5 Å². The van der Waals surface area contributed by atoms with Gasteiger partial charge in [-0.1, -0.05) is 37.5 Å². The molecular formula is C16H20FNO. The molecule has 0 heterocycles. The third-order valence-corrected chi connectivity index (χ3v) is 4.72. The van der Waals surface area contributed by atoms with E-state index in [2.05, 4.69) is 5.32 Å². The number of carbonyl (C=O) groups is 1. The Bertz CT molecular complexity index is 475. The van der Waals surface area contributed by atoms with E-state index in [4.69, 9.17) is 0 Å². The van der Waals surface area contributed by atoms with Crippen LogP contribution in [0.2, 0.25) is 0 Å². The van der Waals surface area contributed by atoms with Crippen molar-refractivity contribution in [3.63, 3.8) is 0 Å². The molecule has 19 heavy (non-hydrogen) atoms. The molecule has 0 aromatic heterocycles. The van der Waals surface area contributed by atoms with Gasteiger partial charge in [-0.25, -0.2) is 4.39 Å². The molecule has 102 valence electrons. The van der Waals surface area contributed by atoms with Crippen molar-refractivity contribution in [2.45, 2.75) is 56.4 Å². The molecule has 1 aromatic carbocycles. The Hall–Kier alpha value is -1.38. The van der Waals surface area contributed by atoms with Crippen LogP contribution in [-0.4, -0.2) is 11.9 Å². The van der Waals surface area contributed by atoms with Crippen molar-refractivity contribution < 1.29 is 9.18 Å². The fourth-order valence-corrected chi connectivity index (χ4v) is 3.39. The maximum Gasteiger partial charge on any atom is 0.230 e. The number of amides is 1.